The highest BCUT2D eigenvalue weighted by Gasteiger charge is 2.46. The molecule has 0 saturated carbocycles. The summed E-state index contributed by atoms with van der Waals surface area (Å²) in [4.78, 5) is -0.829. The maximum atomic E-state index is 6.48. The maximum absolute atomic E-state index is 6.48. The molecule has 0 aromatic heterocycles. The molecule has 3 atom stereocenters. The third-order valence-electron chi connectivity index (χ3n) is 3.73. The minimum Gasteiger partial charge on any atom is -0.493 e. The number of allylic oxidation sites excluding steroid dienone is 1. The van der Waals surface area contributed by atoms with Crippen LogP contribution < -0.4 is 0 Å². The number of methoxy groups -OCH3 is 1. The molecular weight excluding hydrogens is 295 g/mol. The van der Waals surface area contributed by atoms with Crippen LogP contribution in [0.5, 0.6) is 0 Å². The van der Waals surface area contributed by atoms with Crippen molar-refractivity contribution < 1.29 is 9.47 Å². The summed E-state index contributed by atoms with van der Waals surface area (Å²) in [7, 11) is 1.56. The fourth-order valence-electron chi connectivity index (χ4n) is 2.23. The van der Waals surface area contributed by atoms with Gasteiger partial charge in [0.25, 0.3) is 0 Å². The van der Waals surface area contributed by atoms with Crippen molar-refractivity contribution in [3.05, 3.63) is 23.5 Å². The molecule has 0 amide bonds. The van der Waals surface area contributed by atoms with Gasteiger partial charge in [0.2, 0.25) is 0 Å². The van der Waals surface area contributed by atoms with Gasteiger partial charge in [-0.2, -0.15) is 0 Å². The second-order valence-corrected chi connectivity index (χ2v) is 7.17. The number of hydrogen-bond donors (Lipinski definition) is 0. The number of hydrogen-bond acceptors (Lipinski definition) is 2. The van der Waals surface area contributed by atoms with E-state index in [9.17, 15) is 0 Å². The molecule has 2 nitrogen and oxygen atoms in total. The monoisotopic (exact) mass is 320 g/mol. The van der Waals surface area contributed by atoms with Crippen LogP contribution in [0, 0.1) is 5.92 Å². The predicted octanol–water partition coefficient (Wildman–Crippen LogP) is 5.25. The number of rotatable bonds is 7. The van der Waals surface area contributed by atoms with Crippen molar-refractivity contribution in [2.45, 2.75) is 56.9 Å². The summed E-state index contributed by atoms with van der Waals surface area (Å²) in [5.74, 6) is 1.34. The van der Waals surface area contributed by atoms with Crippen molar-refractivity contribution in [1.29, 1.82) is 0 Å². The molecule has 116 valence electrons. The minimum absolute atomic E-state index is 0.537. The van der Waals surface area contributed by atoms with Crippen molar-refractivity contribution in [3.63, 3.8) is 0 Å². The van der Waals surface area contributed by atoms with Crippen molar-refractivity contribution >= 4 is 23.2 Å². The van der Waals surface area contributed by atoms with Crippen LogP contribution in [0.3, 0.4) is 0 Å². The first-order valence-corrected chi connectivity index (χ1v) is 7.99. The summed E-state index contributed by atoms with van der Waals surface area (Å²) in [5.41, 5.74) is 0.961. The van der Waals surface area contributed by atoms with Crippen LogP contribution in [0.2, 0.25) is 0 Å². The van der Waals surface area contributed by atoms with E-state index in [1.165, 1.54) is 19.3 Å². The van der Waals surface area contributed by atoms with Gasteiger partial charge in [0.1, 0.15) is 10.6 Å². The van der Waals surface area contributed by atoms with Gasteiger partial charge in [-0.05, 0) is 43.9 Å². The largest absolute Gasteiger partial charge is 0.493 e. The summed E-state index contributed by atoms with van der Waals surface area (Å²) < 4.78 is 11.3. The van der Waals surface area contributed by atoms with Crippen LogP contribution in [-0.2, 0) is 9.47 Å². The van der Waals surface area contributed by atoms with Gasteiger partial charge in [0.05, 0.1) is 6.61 Å². The lowest BCUT2D eigenvalue weighted by Crippen LogP contribution is -2.44. The highest BCUT2D eigenvalue weighted by atomic mass is 35.5. The highest BCUT2D eigenvalue weighted by Crippen LogP contribution is 2.44. The Bertz CT molecular complexity index is 388. The van der Waals surface area contributed by atoms with E-state index in [0.29, 0.717) is 12.5 Å². The van der Waals surface area contributed by atoms with Gasteiger partial charge < -0.3 is 9.47 Å². The van der Waals surface area contributed by atoms with E-state index in [1.807, 2.05) is 26.0 Å². The predicted molar refractivity (Wildman–Crippen MR) is 86.3 cm³/mol. The van der Waals surface area contributed by atoms with E-state index < -0.39 is 9.93 Å². The fraction of sp³-hybridized carbons (Fsp3) is 0.750. The molecule has 0 aliphatic heterocycles. The lowest BCUT2D eigenvalue weighted by Gasteiger charge is -2.38. The maximum Gasteiger partial charge on any atom is 0.183 e. The SMILES string of the molecule is CCCCC(C)COC1=CC(C)(Cl)C(Cl)(OC)C=C1C. The fourth-order valence-corrected chi connectivity index (χ4v) is 2.68. The van der Waals surface area contributed by atoms with Gasteiger partial charge in [-0.25, -0.2) is 0 Å². The van der Waals surface area contributed by atoms with Crippen LogP contribution in [0.25, 0.3) is 0 Å². The smallest absolute Gasteiger partial charge is 0.183 e. The van der Waals surface area contributed by atoms with E-state index in [1.54, 1.807) is 7.11 Å². The van der Waals surface area contributed by atoms with Gasteiger partial charge in [-0.15, -0.1) is 11.6 Å². The Morgan fingerprint density at radius 2 is 1.95 bits per heavy atom. The van der Waals surface area contributed by atoms with Crippen molar-refractivity contribution in [2.75, 3.05) is 13.7 Å². The van der Waals surface area contributed by atoms with Crippen molar-refractivity contribution in [1.82, 2.24) is 0 Å². The summed E-state index contributed by atoms with van der Waals surface area (Å²) >= 11 is 12.9. The normalized spacial score (nSPS) is 31.6. The molecule has 20 heavy (non-hydrogen) atoms. The molecule has 0 saturated heterocycles. The van der Waals surface area contributed by atoms with Crippen LogP contribution in [0.1, 0.15) is 47.0 Å². The van der Waals surface area contributed by atoms with Gasteiger partial charge in [-0.3, -0.25) is 0 Å². The molecule has 0 radical (unpaired) electrons. The molecule has 0 aromatic carbocycles. The van der Waals surface area contributed by atoms with E-state index in [4.69, 9.17) is 32.7 Å². The van der Waals surface area contributed by atoms with Crippen molar-refractivity contribution in [2.24, 2.45) is 5.92 Å². The average Bonchev–Trinajstić information content (AvgIpc) is 2.39. The molecule has 1 aliphatic carbocycles. The lowest BCUT2D eigenvalue weighted by molar-refractivity contribution is 0.0774. The molecule has 1 rings (SSSR count). The Hall–Kier alpha value is -0.180. The first kappa shape index (κ1) is 17.9. The molecule has 0 fully saturated rings. The molecule has 0 heterocycles. The molecule has 1 aliphatic rings. The summed E-state index contributed by atoms with van der Waals surface area (Å²) in [6, 6.07) is 0. The standard InChI is InChI=1S/C16H26Cl2O2/c1-6-7-8-12(2)11-20-14-10-15(4,17)16(18,19-5)9-13(14)3/h9-10,12H,6-8,11H2,1-5H3. The summed E-state index contributed by atoms with van der Waals surface area (Å²) in [6.45, 7) is 8.90. The van der Waals surface area contributed by atoms with E-state index >= 15 is 0 Å². The Balaban J connectivity index is 2.70. The van der Waals surface area contributed by atoms with Gasteiger partial charge >= 0.3 is 0 Å². The molecule has 0 aromatic rings. The number of alkyl halides is 2. The topological polar surface area (TPSA) is 18.5 Å². The van der Waals surface area contributed by atoms with Crippen LogP contribution in [0.15, 0.2) is 23.5 Å². The zero-order valence-corrected chi connectivity index (χ0v) is 14.6. The van der Waals surface area contributed by atoms with Gasteiger partial charge in [0, 0.05) is 7.11 Å². The molecule has 0 bridgehead atoms. The Morgan fingerprint density at radius 3 is 2.50 bits per heavy atom. The van der Waals surface area contributed by atoms with E-state index in [-0.39, 0.29) is 0 Å². The molecule has 0 spiro atoms. The summed E-state index contributed by atoms with van der Waals surface area (Å²) in [6.07, 6.45) is 7.32. The molecule has 0 N–H and O–H groups in total. The number of unbranched alkanes of at least 4 members (excludes halogenated alkanes) is 1. The second kappa shape index (κ2) is 7.20. The van der Waals surface area contributed by atoms with Crippen molar-refractivity contribution in [3.8, 4) is 0 Å². The zero-order chi connectivity index (χ0) is 15.4. The van der Waals surface area contributed by atoms with Crippen LogP contribution in [0.4, 0.5) is 0 Å². The second-order valence-electron chi connectivity index (χ2n) is 5.82. The Morgan fingerprint density at radius 1 is 1.30 bits per heavy atom. The zero-order valence-electron chi connectivity index (χ0n) is 13.1. The molecule has 3 unspecified atom stereocenters. The first-order chi connectivity index (χ1) is 9.25. The van der Waals surface area contributed by atoms with Gasteiger partial charge in [0.15, 0.2) is 5.06 Å². The first-order valence-electron chi connectivity index (χ1n) is 7.24. The minimum atomic E-state index is -1.03. The van der Waals surface area contributed by atoms with Crippen LogP contribution in [-0.4, -0.2) is 23.7 Å². The summed E-state index contributed by atoms with van der Waals surface area (Å²) in [5, 5.41) is -1.03. The Kier molecular flexibility index (Phi) is 6.43. The van der Waals surface area contributed by atoms with Crippen LogP contribution >= 0.6 is 23.2 Å². The highest BCUT2D eigenvalue weighted by molar-refractivity contribution is 6.36. The quantitative estimate of drug-likeness (QED) is 0.596. The lowest BCUT2D eigenvalue weighted by atomic mass is 9.93. The number of ether oxygens (including phenoxy) is 2. The Labute approximate surface area is 133 Å². The van der Waals surface area contributed by atoms with E-state index in [0.717, 1.165) is 11.3 Å². The molecular formula is C16H26Cl2O2. The van der Waals surface area contributed by atoms with E-state index in [2.05, 4.69) is 13.8 Å². The van der Waals surface area contributed by atoms with Gasteiger partial charge in [-0.1, -0.05) is 38.3 Å². The average molecular weight is 321 g/mol. The number of halogens is 2. The third-order valence-corrected chi connectivity index (χ3v) is 4.87. The molecule has 4 heteroatoms. The third kappa shape index (κ3) is 4.16.